The van der Waals surface area contributed by atoms with Gasteiger partial charge in [0.2, 0.25) is 5.88 Å². The normalized spacial score (nSPS) is 11.1. The van der Waals surface area contributed by atoms with Crippen LogP contribution in [0, 0.1) is 0 Å². The van der Waals surface area contributed by atoms with Crippen LogP contribution in [0.5, 0.6) is 5.88 Å². The van der Waals surface area contributed by atoms with Crippen molar-refractivity contribution < 1.29 is 17.9 Å². The molecule has 0 aromatic carbocycles. The molecular weight excluding hydrogens is 230 g/mol. The average Bonchev–Trinajstić information content (AvgIpc) is 2.25. The van der Waals surface area contributed by atoms with Crippen LogP contribution in [-0.4, -0.2) is 38.3 Å². The van der Waals surface area contributed by atoms with Crippen molar-refractivity contribution >= 4 is 15.6 Å². The number of carbonyl (C=O) groups is 1. The molecule has 0 atom stereocenters. The Kier molecular flexibility index (Phi) is 4.00. The highest BCUT2D eigenvalue weighted by molar-refractivity contribution is 7.90. The van der Waals surface area contributed by atoms with Gasteiger partial charge in [-0.3, -0.25) is 4.79 Å². The molecule has 16 heavy (non-hydrogen) atoms. The Morgan fingerprint density at radius 2 is 2.19 bits per heavy atom. The van der Waals surface area contributed by atoms with Gasteiger partial charge in [0.1, 0.15) is 9.84 Å². The Bertz CT molecular complexity index is 481. The lowest BCUT2D eigenvalue weighted by Gasteiger charge is -2.05. The Hall–Kier alpha value is -1.43. The number of ketones is 1. The lowest BCUT2D eigenvalue weighted by atomic mass is 10.1. The molecule has 0 saturated carbocycles. The molecular formula is C10H13NO4S. The molecule has 0 radical (unpaired) electrons. The summed E-state index contributed by atoms with van der Waals surface area (Å²) in [5.74, 6) is -0.222. The van der Waals surface area contributed by atoms with Gasteiger partial charge in [-0.05, 0) is 12.1 Å². The SMILES string of the molecule is COc1ncccc1C(=O)CCS(C)(=O)=O. The van der Waals surface area contributed by atoms with Gasteiger partial charge in [0.05, 0.1) is 18.4 Å². The molecule has 0 aliphatic rings. The number of pyridine rings is 1. The van der Waals surface area contributed by atoms with Crippen molar-refractivity contribution in [3.05, 3.63) is 23.9 Å². The van der Waals surface area contributed by atoms with Gasteiger partial charge < -0.3 is 4.74 Å². The third-order valence-electron chi connectivity index (χ3n) is 1.96. The number of Topliss-reactive ketones (excluding diaryl/α,β-unsaturated/α-hetero) is 1. The van der Waals surface area contributed by atoms with E-state index in [1.165, 1.54) is 13.3 Å². The highest BCUT2D eigenvalue weighted by Gasteiger charge is 2.14. The van der Waals surface area contributed by atoms with Crippen LogP contribution in [0.1, 0.15) is 16.8 Å². The van der Waals surface area contributed by atoms with Gasteiger partial charge in [0, 0.05) is 18.9 Å². The quantitative estimate of drug-likeness (QED) is 0.712. The fraction of sp³-hybridized carbons (Fsp3) is 0.400. The number of hydrogen-bond acceptors (Lipinski definition) is 5. The lowest BCUT2D eigenvalue weighted by molar-refractivity contribution is 0.0985. The van der Waals surface area contributed by atoms with E-state index < -0.39 is 9.84 Å². The molecule has 0 aliphatic carbocycles. The second-order valence-electron chi connectivity index (χ2n) is 3.36. The minimum absolute atomic E-state index is 0.0547. The topological polar surface area (TPSA) is 73.3 Å². The number of sulfone groups is 1. The van der Waals surface area contributed by atoms with Crippen LogP contribution < -0.4 is 4.74 Å². The van der Waals surface area contributed by atoms with Crippen molar-refractivity contribution in [1.82, 2.24) is 4.98 Å². The smallest absolute Gasteiger partial charge is 0.224 e. The van der Waals surface area contributed by atoms with Crippen molar-refractivity contribution in [2.24, 2.45) is 0 Å². The summed E-state index contributed by atoms with van der Waals surface area (Å²) in [5, 5.41) is 0. The molecule has 0 fully saturated rings. The minimum Gasteiger partial charge on any atom is -0.480 e. The molecule has 0 unspecified atom stereocenters. The van der Waals surface area contributed by atoms with E-state index in [1.54, 1.807) is 12.1 Å². The minimum atomic E-state index is -3.13. The first-order chi connectivity index (χ1) is 7.44. The van der Waals surface area contributed by atoms with Crippen molar-refractivity contribution in [2.75, 3.05) is 19.1 Å². The summed E-state index contributed by atoms with van der Waals surface area (Å²) < 4.78 is 26.8. The van der Waals surface area contributed by atoms with Gasteiger partial charge in [0.15, 0.2) is 5.78 Å². The van der Waals surface area contributed by atoms with E-state index >= 15 is 0 Å². The molecule has 5 nitrogen and oxygen atoms in total. The van der Waals surface area contributed by atoms with E-state index in [0.29, 0.717) is 5.56 Å². The average molecular weight is 243 g/mol. The van der Waals surface area contributed by atoms with Crippen LogP contribution in [-0.2, 0) is 9.84 Å². The Morgan fingerprint density at radius 3 is 2.75 bits per heavy atom. The van der Waals surface area contributed by atoms with Crippen LogP contribution in [0.3, 0.4) is 0 Å². The maximum Gasteiger partial charge on any atom is 0.224 e. The van der Waals surface area contributed by atoms with E-state index in [2.05, 4.69) is 4.98 Å². The lowest BCUT2D eigenvalue weighted by Crippen LogP contribution is -2.10. The molecule has 0 saturated heterocycles. The van der Waals surface area contributed by atoms with Gasteiger partial charge in [-0.1, -0.05) is 0 Å². The molecule has 0 N–H and O–H groups in total. The maximum absolute atomic E-state index is 11.7. The number of nitrogens with zero attached hydrogens (tertiary/aromatic N) is 1. The molecule has 88 valence electrons. The summed E-state index contributed by atoms with van der Waals surface area (Å²) in [6.07, 6.45) is 2.55. The number of methoxy groups -OCH3 is 1. The molecule has 1 aromatic rings. The molecule has 1 rings (SSSR count). The van der Waals surface area contributed by atoms with Gasteiger partial charge in [0.25, 0.3) is 0 Å². The molecule has 0 bridgehead atoms. The third-order valence-corrected chi connectivity index (χ3v) is 2.91. The van der Waals surface area contributed by atoms with E-state index in [0.717, 1.165) is 6.26 Å². The van der Waals surface area contributed by atoms with E-state index in [4.69, 9.17) is 4.74 Å². The van der Waals surface area contributed by atoms with Crippen LogP contribution in [0.4, 0.5) is 0 Å². The van der Waals surface area contributed by atoms with Crippen LogP contribution in [0.2, 0.25) is 0 Å². The summed E-state index contributed by atoms with van der Waals surface area (Å²) in [4.78, 5) is 15.6. The summed E-state index contributed by atoms with van der Waals surface area (Å²) in [7, 11) is -1.72. The van der Waals surface area contributed by atoms with E-state index in [9.17, 15) is 13.2 Å². The fourth-order valence-electron chi connectivity index (χ4n) is 1.18. The summed E-state index contributed by atoms with van der Waals surface area (Å²) in [6.45, 7) is 0. The number of hydrogen-bond donors (Lipinski definition) is 0. The second kappa shape index (κ2) is 5.07. The molecule has 1 aromatic heterocycles. The van der Waals surface area contributed by atoms with Crippen molar-refractivity contribution in [2.45, 2.75) is 6.42 Å². The predicted octanol–water partition coefficient (Wildman–Crippen LogP) is 0.708. The largest absolute Gasteiger partial charge is 0.480 e. The first kappa shape index (κ1) is 12.6. The first-order valence-electron chi connectivity index (χ1n) is 4.64. The van der Waals surface area contributed by atoms with E-state index in [1.807, 2.05) is 0 Å². The first-order valence-corrected chi connectivity index (χ1v) is 6.70. The Balaban J connectivity index is 2.81. The number of aromatic nitrogens is 1. The summed E-state index contributed by atoms with van der Waals surface area (Å²) in [5.41, 5.74) is 0.314. The summed E-state index contributed by atoms with van der Waals surface area (Å²) >= 11 is 0. The van der Waals surface area contributed by atoms with Crippen molar-refractivity contribution in [3.63, 3.8) is 0 Å². The monoisotopic (exact) mass is 243 g/mol. The number of rotatable bonds is 5. The van der Waals surface area contributed by atoms with Gasteiger partial charge in [-0.15, -0.1) is 0 Å². The third kappa shape index (κ3) is 3.62. The predicted molar refractivity (Wildman–Crippen MR) is 59.4 cm³/mol. The van der Waals surface area contributed by atoms with Gasteiger partial charge in [-0.2, -0.15) is 0 Å². The Morgan fingerprint density at radius 1 is 1.50 bits per heavy atom. The molecule has 6 heteroatoms. The highest BCUT2D eigenvalue weighted by atomic mass is 32.2. The fourth-order valence-corrected chi connectivity index (χ4v) is 1.73. The standard InChI is InChI=1S/C10H13NO4S/c1-15-10-8(4-3-6-11-10)9(12)5-7-16(2,13)14/h3-4,6H,5,7H2,1-2H3. The highest BCUT2D eigenvalue weighted by Crippen LogP contribution is 2.15. The van der Waals surface area contributed by atoms with Crippen molar-refractivity contribution in [1.29, 1.82) is 0 Å². The molecule has 0 amide bonds. The van der Waals surface area contributed by atoms with Crippen LogP contribution >= 0.6 is 0 Å². The van der Waals surface area contributed by atoms with Crippen LogP contribution in [0.15, 0.2) is 18.3 Å². The number of carbonyl (C=O) groups excluding carboxylic acids is 1. The van der Waals surface area contributed by atoms with Gasteiger partial charge in [-0.25, -0.2) is 13.4 Å². The molecule has 0 aliphatic heterocycles. The zero-order valence-electron chi connectivity index (χ0n) is 9.13. The molecule has 0 spiro atoms. The van der Waals surface area contributed by atoms with Crippen LogP contribution in [0.25, 0.3) is 0 Å². The van der Waals surface area contributed by atoms with Crippen molar-refractivity contribution in [3.8, 4) is 5.88 Å². The summed E-state index contributed by atoms with van der Waals surface area (Å²) in [6, 6.07) is 3.17. The Labute approximate surface area is 94.4 Å². The zero-order chi connectivity index (χ0) is 12.2. The maximum atomic E-state index is 11.7. The number of ether oxygens (including phenoxy) is 1. The second-order valence-corrected chi connectivity index (χ2v) is 5.62. The zero-order valence-corrected chi connectivity index (χ0v) is 9.95. The van der Waals surface area contributed by atoms with E-state index in [-0.39, 0.29) is 23.8 Å². The molecule has 1 heterocycles. The van der Waals surface area contributed by atoms with Gasteiger partial charge >= 0.3 is 0 Å².